The summed E-state index contributed by atoms with van der Waals surface area (Å²) in [4.78, 5) is 2.26. The first kappa shape index (κ1) is 21.6. The van der Waals surface area contributed by atoms with Gasteiger partial charge in [-0.3, -0.25) is 4.90 Å². The van der Waals surface area contributed by atoms with Crippen molar-refractivity contribution in [3.05, 3.63) is 59.2 Å². The van der Waals surface area contributed by atoms with E-state index in [2.05, 4.69) is 30.0 Å². The molecule has 2 aromatic carbocycles. The molecule has 0 spiro atoms. The van der Waals surface area contributed by atoms with Crippen LogP contribution in [0, 0.1) is 13.8 Å². The number of hydrogen-bond acceptors (Lipinski definition) is 5. The number of ether oxygens (including phenoxy) is 3. The van der Waals surface area contributed by atoms with Crippen LogP contribution < -0.4 is 9.47 Å². The monoisotopic (exact) mass is 399 g/mol. The number of hydrogen-bond donors (Lipinski definition) is 1. The summed E-state index contributed by atoms with van der Waals surface area (Å²) in [5.74, 6) is 1.69. The highest BCUT2D eigenvalue weighted by Crippen LogP contribution is 2.21. The van der Waals surface area contributed by atoms with Crippen LogP contribution in [-0.4, -0.2) is 55.6 Å². The molecule has 1 aliphatic heterocycles. The van der Waals surface area contributed by atoms with E-state index in [1.807, 2.05) is 31.2 Å². The van der Waals surface area contributed by atoms with Crippen LogP contribution >= 0.6 is 0 Å². The van der Waals surface area contributed by atoms with Crippen molar-refractivity contribution >= 4 is 0 Å². The highest BCUT2D eigenvalue weighted by atomic mass is 16.5. The number of aliphatic hydroxyl groups is 1. The Morgan fingerprint density at radius 2 is 1.97 bits per heavy atom. The minimum atomic E-state index is -0.574. The molecule has 5 nitrogen and oxygen atoms in total. The largest absolute Gasteiger partial charge is 0.497 e. The average Bonchev–Trinajstić information content (AvgIpc) is 3.22. The lowest BCUT2D eigenvalue weighted by Gasteiger charge is -2.27. The third-order valence-electron chi connectivity index (χ3n) is 5.51. The summed E-state index contributed by atoms with van der Waals surface area (Å²) in [5.41, 5.74) is 3.50. The summed E-state index contributed by atoms with van der Waals surface area (Å²) in [6.45, 7) is 7.32. The van der Waals surface area contributed by atoms with Crippen molar-refractivity contribution < 1.29 is 19.3 Å². The Hall–Kier alpha value is -2.08. The molecular weight excluding hydrogens is 366 g/mol. The zero-order valence-electron chi connectivity index (χ0n) is 17.8. The summed E-state index contributed by atoms with van der Waals surface area (Å²) in [7, 11) is 1.67. The Morgan fingerprint density at radius 1 is 1.17 bits per heavy atom. The highest BCUT2D eigenvalue weighted by Gasteiger charge is 2.21. The van der Waals surface area contributed by atoms with Crippen molar-refractivity contribution in [3.63, 3.8) is 0 Å². The maximum absolute atomic E-state index is 10.6. The average molecular weight is 400 g/mol. The fourth-order valence-electron chi connectivity index (χ4n) is 3.69. The van der Waals surface area contributed by atoms with Crippen molar-refractivity contribution in [2.24, 2.45) is 0 Å². The summed E-state index contributed by atoms with van der Waals surface area (Å²) >= 11 is 0. The van der Waals surface area contributed by atoms with E-state index in [-0.39, 0.29) is 12.7 Å². The van der Waals surface area contributed by atoms with Crippen LogP contribution in [0.15, 0.2) is 42.5 Å². The molecule has 2 atom stereocenters. The van der Waals surface area contributed by atoms with Gasteiger partial charge >= 0.3 is 0 Å². The van der Waals surface area contributed by atoms with Gasteiger partial charge in [0, 0.05) is 26.2 Å². The Morgan fingerprint density at radius 3 is 2.66 bits per heavy atom. The van der Waals surface area contributed by atoms with Gasteiger partial charge in [-0.2, -0.15) is 0 Å². The Bertz CT molecular complexity index is 756. The number of aryl methyl sites for hydroxylation is 1. The number of nitrogens with zero attached hydrogens (tertiary/aromatic N) is 1. The van der Waals surface area contributed by atoms with Crippen LogP contribution in [0.3, 0.4) is 0 Å². The van der Waals surface area contributed by atoms with E-state index in [0.29, 0.717) is 6.54 Å². The molecule has 0 aromatic heterocycles. The maximum Gasteiger partial charge on any atom is 0.122 e. The van der Waals surface area contributed by atoms with Crippen LogP contribution in [0.5, 0.6) is 11.5 Å². The van der Waals surface area contributed by atoms with Crippen LogP contribution in [0.4, 0.5) is 0 Å². The zero-order chi connectivity index (χ0) is 20.6. The summed E-state index contributed by atoms with van der Waals surface area (Å²) in [6, 6.07) is 14.1. The summed E-state index contributed by atoms with van der Waals surface area (Å²) in [5, 5.41) is 10.6. The lowest BCUT2D eigenvalue weighted by Crippen LogP contribution is -2.39. The standard InChI is InChI=1S/C24H33NO4/c1-18-6-4-8-24(19(18)2)29-17-21(26)15-25(16-23-7-5-13-28-23)14-20-9-11-22(27-3)12-10-20/h4,6,8-12,21,23,26H,5,7,13-17H2,1-3H3. The third kappa shape index (κ3) is 6.46. The predicted molar refractivity (Wildman–Crippen MR) is 115 cm³/mol. The molecule has 3 rings (SSSR count). The fraction of sp³-hybridized carbons (Fsp3) is 0.500. The van der Waals surface area contributed by atoms with Crippen molar-refractivity contribution in [2.75, 3.05) is 33.4 Å². The zero-order valence-corrected chi connectivity index (χ0v) is 17.8. The number of methoxy groups -OCH3 is 1. The number of rotatable bonds is 10. The second-order valence-corrected chi connectivity index (χ2v) is 7.84. The summed E-state index contributed by atoms with van der Waals surface area (Å²) in [6.07, 6.45) is 1.85. The molecule has 2 unspecified atom stereocenters. The topological polar surface area (TPSA) is 51.2 Å². The number of aliphatic hydroxyl groups excluding tert-OH is 1. The molecule has 0 bridgehead atoms. The van der Waals surface area contributed by atoms with E-state index in [1.165, 1.54) is 11.1 Å². The van der Waals surface area contributed by atoms with Crippen molar-refractivity contribution in [2.45, 2.75) is 45.4 Å². The third-order valence-corrected chi connectivity index (χ3v) is 5.51. The van der Waals surface area contributed by atoms with E-state index >= 15 is 0 Å². The Labute approximate surface area is 174 Å². The van der Waals surface area contributed by atoms with E-state index < -0.39 is 6.10 Å². The molecule has 0 radical (unpaired) electrons. The maximum atomic E-state index is 10.6. The molecule has 0 amide bonds. The van der Waals surface area contributed by atoms with Gasteiger partial charge in [0.25, 0.3) is 0 Å². The second kappa shape index (κ2) is 10.6. The van der Waals surface area contributed by atoms with Gasteiger partial charge in [-0.05, 0) is 61.6 Å². The van der Waals surface area contributed by atoms with Crippen molar-refractivity contribution in [3.8, 4) is 11.5 Å². The smallest absolute Gasteiger partial charge is 0.122 e. The lowest BCUT2D eigenvalue weighted by atomic mass is 10.1. The van der Waals surface area contributed by atoms with E-state index in [4.69, 9.17) is 14.2 Å². The van der Waals surface area contributed by atoms with Crippen LogP contribution in [0.25, 0.3) is 0 Å². The van der Waals surface area contributed by atoms with Crippen LogP contribution in [-0.2, 0) is 11.3 Å². The van der Waals surface area contributed by atoms with E-state index in [9.17, 15) is 5.11 Å². The molecule has 1 aliphatic rings. The van der Waals surface area contributed by atoms with Crippen molar-refractivity contribution in [1.29, 1.82) is 0 Å². The van der Waals surface area contributed by atoms with Gasteiger partial charge in [0.2, 0.25) is 0 Å². The first-order valence-corrected chi connectivity index (χ1v) is 10.4. The molecule has 1 fully saturated rings. The highest BCUT2D eigenvalue weighted by molar-refractivity contribution is 5.38. The Balaban J connectivity index is 1.59. The number of benzene rings is 2. The molecular formula is C24H33NO4. The molecule has 1 N–H and O–H groups in total. The normalized spacial score (nSPS) is 17.5. The van der Waals surface area contributed by atoms with E-state index in [1.54, 1.807) is 7.11 Å². The van der Waals surface area contributed by atoms with Crippen LogP contribution in [0.2, 0.25) is 0 Å². The van der Waals surface area contributed by atoms with Crippen molar-refractivity contribution in [1.82, 2.24) is 4.90 Å². The van der Waals surface area contributed by atoms with Gasteiger partial charge in [-0.25, -0.2) is 0 Å². The fourth-order valence-corrected chi connectivity index (χ4v) is 3.69. The SMILES string of the molecule is COc1ccc(CN(CC(O)COc2cccc(C)c2C)CC2CCCO2)cc1. The molecule has 0 saturated carbocycles. The van der Waals surface area contributed by atoms with E-state index in [0.717, 1.165) is 49.6 Å². The van der Waals surface area contributed by atoms with Gasteiger partial charge in [-0.15, -0.1) is 0 Å². The van der Waals surface area contributed by atoms with Gasteiger partial charge < -0.3 is 19.3 Å². The Kier molecular flexibility index (Phi) is 7.92. The predicted octanol–water partition coefficient (Wildman–Crippen LogP) is 3.73. The van der Waals surface area contributed by atoms with Gasteiger partial charge in [-0.1, -0.05) is 24.3 Å². The first-order chi connectivity index (χ1) is 14.0. The van der Waals surface area contributed by atoms with Gasteiger partial charge in [0.05, 0.1) is 13.2 Å². The molecule has 1 heterocycles. The second-order valence-electron chi connectivity index (χ2n) is 7.84. The molecule has 2 aromatic rings. The minimum Gasteiger partial charge on any atom is -0.497 e. The molecule has 1 saturated heterocycles. The molecule has 5 heteroatoms. The van der Waals surface area contributed by atoms with Gasteiger partial charge in [0.15, 0.2) is 0 Å². The first-order valence-electron chi connectivity index (χ1n) is 10.4. The summed E-state index contributed by atoms with van der Waals surface area (Å²) < 4.78 is 17.0. The molecule has 158 valence electrons. The molecule has 0 aliphatic carbocycles. The van der Waals surface area contributed by atoms with Gasteiger partial charge in [0.1, 0.15) is 24.2 Å². The van der Waals surface area contributed by atoms with Crippen LogP contribution in [0.1, 0.15) is 29.5 Å². The minimum absolute atomic E-state index is 0.236. The lowest BCUT2D eigenvalue weighted by molar-refractivity contribution is 0.0312. The quantitative estimate of drug-likeness (QED) is 0.660. The molecule has 29 heavy (non-hydrogen) atoms.